The average molecular weight is 426 g/mol. The van der Waals surface area contributed by atoms with Crippen molar-refractivity contribution in [3.05, 3.63) is 29.8 Å². The number of carbonyl (C=O) groups excluding carboxylic acids is 2. The van der Waals surface area contributed by atoms with Gasteiger partial charge in [-0.2, -0.15) is 13.2 Å². The summed E-state index contributed by atoms with van der Waals surface area (Å²) < 4.78 is 38.4. The van der Waals surface area contributed by atoms with E-state index in [-0.39, 0.29) is 30.1 Å². The minimum atomic E-state index is -4.42. The number of amides is 2. The minimum absolute atomic E-state index is 0.0640. The molecule has 0 spiro atoms. The van der Waals surface area contributed by atoms with Gasteiger partial charge >= 0.3 is 6.18 Å². The predicted octanol–water partition coefficient (Wildman–Crippen LogP) is 2.66. The van der Waals surface area contributed by atoms with Crippen molar-refractivity contribution >= 4 is 17.5 Å². The number of nitrogens with one attached hydrogen (secondary N) is 1. The van der Waals surface area contributed by atoms with Gasteiger partial charge in [0.25, 0.3) is 0 Å². The highest BCUT2D eigenvalue weighted by molar-refractivity contribution is 5.81. The molecule has 0 aliphatic carbocycles. The Morgan fingerprint density at radius 2 is 1.80 bits per heavy atom. The monoisotopic (exact) mass is 426 g/mol. The molecule has 3 rings (SSSR count). The van der Waals surface area contributed by atoms with Gasteiger partial charge in [0, 0.05) is 44.5 Å². The molecule has 1 N–H and O–H groups in total. The number of alkyl halides is 3. The lowest BCUT2D eigenvalue weighted by Crippen LogP contribution is -2.53. The molecule has 1 atom stereocenters. The van der Waals surface area contributed by atoms with E-state index < -0.39 is 11.7 Å². The summed E-state index contributed by atoms with van der Waals surface area (Å²) in [6.07, 6.45) is -1.15. The van der Waals surface area contributed by atoms with Crippen LogP contribution in [0.3, 0.4) is 0 Å². The van der Waals surface area contributed by atoms with Crippen LogP contribution in [0.1, 0.15) is 31.7 Å². The Balaban J connectivity index is 1.42. The molecule has 0 radical (unpaired) electrons. The van der Waals surface area contributed by atoms with Gasteiger partial charge in [-0.3, -0.25) is 14.5 Å². The first-order valence-corrected chi connectivity index (χ1v) is 10.4. The van der Waals surface area contributed by atoms with Crippen molar-refractivity contribution in [2.45, 2.75) is 38.4 Å². The lowest BCUT2D eigenvalue weighted by molar-refractivity contribution is -0.138. The summed E-state index contributed by atoms with van der Waals surface area (Å²) in [6, 6.07) is 5.11. The average Bonchev–Trinajstić information content (AvgIpc) is 2.72. The Hall–Kier alpha value is -2.29. The molecule has 1 aromatic rings. The van der Waals surface area contributed by atoms with Crippen molar-refractivity contribution in [3.63, 3.8) is 0 Å². The Morgan fingerprint density at radius 3 is 2.47 bits per heavy atom. The quantitative estimate of drug-likeness (QED) is 0.787. The highest BCUT2D eigenvalue weighted by Gasteiger charge is 2.30. The first-order chi connectivity index (χ1) is 14.2. The molecule has 30 heavy (non-hydrogen) atoms. The highest BCUT2D eigenvalue weighted by atomic mass is 19.4. The van der Waals surface area contributed by atoms with Crippen molar-refractivity contribution in [1.82, 2.24) is 14.7 Å². The van der Waals surface area contributed by atoms with Crippen LogP contribution in [0.4, 0.5) is 18.9 Å². The number of hydrogen-bond acceptors (Lipinski definition) is 4. The van der Waals surface area contributed by atoms with E-state index in [9.17, 15) is 22.8 Å². The molecule has 2 aliphatic rings. The predicted molar refractivity (Wildman–Crippen MR) is 108 cm³/mol. The van der Waals surface area contributed by atoms with Gasteiger partial charge in [-0.05, 0) is 44.4 Å². The maximum Gasteiger partial charge on any atom is 0.416 e. The lowest BCUT2D eigenvalue weighted by Gasteiger charge is -2.38. The molecular weight excluding hydrogens is 397 g/mol. The Kier molecular flexibility index (Phi) is 7.23. The summed E-state index contributed by atoms with van der Waals surface area (Å²) in [4.78, 5) is 30.7. The van der Waals surface area contributed by atoms with Crippen molar-refractivity contribution < 1.29 is 22.8 Å². The number of carbonyl (C=O) groups is 2. The molecule has 2 aliphatic heterocycles. The summed E-state index contributed by atoms with van der Waals surface area (Å²) in [5.74, 6) is -0.0174. The molecule has 166 valence electrons. The molecular formula is C21H29F3N4O2. The van der Waals surface area contributed by atoms with E-state index in [1.807, 2.05) is 4.90 Å². The fraction of sp³-hybridized carbons (Fsp3) is 0.619. The topological polar surface area (TPSA) is 55.9 Å². The number of halogens is 3. The standard InChI is InChI=1S/C21H29F3N4O2/c1-16-5-2-3-8-28(16)20(30)15-26-9-11-27(12-10-26)19(29)14-25-18-7-4-6-17(13-18)21(22,23)24/h4,6-7,13,16,25H,2-3,5,8-12,14-15H2,1H3. The molecule has 0 bridgehead atoms. The van der Waals surface area contributed by atoms with Gasteiger partial charge in [-0.15, -0.1) is 0 Å². The summed E-state index contributed by atoms with van der Waals surface area (Å²) in [7, 11) is 0. The van der Waals surface area contributed by atoms with Crippen LogP contribution < -0.4 is 5.32 Å². The Labute approximate surface area is 175 Å². The van der Waals surface area contributed by atoms with Crippen LogP contribution in [0.15, 0.2) is 24.3 Å². The summed E-state index contributed by atoms with van der Waals surface area (Å²) in [5, 5.41) is 2.78. The van der Waals surface area contributed by atoms with E-state index in [0.717, 1.165) is 31.5 Å². The number of anilines is 1. The molecule has 2 heterocycles. The molecule has 1 unspecified atom stereocenters. The Bertz CT molecular complexity index is 748. The zero-order valence-corrected chi connectivity index (χ0v) is 17.2. The van der Waals surface area contributed by atoms with Crippen LogP contribution in [0.5, 0.6) is 0 Å². The largest absolute Gasteiger partial charge is 0.416 e. The van der Waals surface area contributed by atoms with Crippen molar-refractivity contribution in [3.8, 4) is 0 Å². The number of piperidine rings is 1. The number of rotatable bonds is 5. The summed E-state index contributed by atoms with van der Waals surface area (Å²) in [5.41, 5.74) is -0.487. The van der Waals surface area contributed by atoms with Crippen LogP contribution in [0.25, 0.3) is 0 Å². The molecule has 1 aromatic carbocycles. The molecule has 2 saturated heterocycles. The Morgan fingerprint density at radius 1 is 1.07 bits per heavy atom. The normalized spacial score (nSPS) is 20.9. The van der Waals surface area contributed by atoms with Crippen LogP contribution in [0.2, 0.25) is 0 Å². The first kappa shape index (κ1) is 22.4. The molecule has 9 heteroatoms. The van der Waals surface area contributed by atoms with Crippen LogP contribution in [-0.2, 0) is 15.8 Å². The van der Waals surface area contributed by atoms with E-state index in [4.69, 9.17) is 0 Å². The molecule has 6 nitrogen and oxygen atoms in total. The second kappa shape index (κ2) is 9.68. The second-order valence-corrected chi connectivity index (χ2v) is 8.02. The van der Waals surface area contributed by atoms with Crippen LogP contribution in [0, 0.1) is 0 Å². The maximum absolute atomic E-state index is 12.8. The number of likely N-dealkylation sites (tertiary alicyclic amines) is 1. The zero-order chi connectivity index (χ0) is 21.7. The van der Waals surface area contributed by atoms with Gasteiger partial charge in [0.2, 0.25) is 11.8 Å². The fourth-order valence-corrected chi connectivity index (χ4v) is 4.00. The van der Waals surface area contributed by atoms with Gasteiger partial charge in [0.15, 0.2) is 0 Å². The van der Waals surface area contributed by atoms with E-state index in [0.29, 0.717) is 32.7 Å². The van der Waals surface area contributed by atoms with E-state index in [1.54, 1.807) is 4.90 Å². The third kappa shape index (κ3) is 5.87. The highest BCUT2D eigenvalue weighted by Crippen LogP contribution is 2.30. The summed E-state index contributed by atoms with van der Waals surface area (Å²) >= 11 is 0. The molecule has 0 aromatic heterocycles. The first-order valence-electron chi connectivity index (χ1n) is 10.4. The molecule has 2 amide bonds. The SMILES string of the molecule is CC1CCCCN1C(=O)CN1CCN(C(=O)CNc2cccc(C(F)(F)F)c2)CC1. The van der Waals surface area contributed by atoms with Gasteiger partial charge in [0.05, 0.1) is 18.7 Å². The summed E-state index contributed by atoms with van der Waals surface area (Å²) in [6.45, 7) is 5.45. The van der Waals surface area contributed by atoms with Gasteiger partial charge in [-0.25, -0.2) is 0 Å². The van der Waals surface area contributed by atoms with Gasteiger partial charge < -0.3 is 15.1 Å². The number of nitrogens with zero attached hydrogens (tertiary/aromatic N) is 3. The second-order valence-electron chi connectivity index (χ2n) is 8.02. The molecule has 0 saturated carbocycles. The number of benzene rings is 1. The van der Waals surface area contributed by atoms with Gasteiger partial charge in [0.1, 0.15) is 0 Å². The van der Waals surface area contributed by atoms with Crippen molar-refractivity contribution in [2.24, 2.45) is 0 Å². The zero-order valence-electron chi connectivity index (χ0n) is 17.2. The van der Waals surface area contributed by atoms with Crippen LogP contribution in [-0.4, -0.2) is 78.4 Å². The third-order valence-electron chi connectivity index (χ3n) is 5.84. The van der Waals surface area contributed by atoms with Gasteiger partial charge in [-0.1, -0.05) is 6.07 Å². The molecule has 2 fully saturated rings. The smallest absolute Gasteiger partial charge is 0.376 e. The maximum atomic E-state index is 12.8. The fourth-order valence-electron chi connectivity index (χ4n) is 4.00. The van der Waals surface area contributed by atoms with Crippen LogP contribution >= 0.6 is 0 Å². The lowest BCUT2D eigenvalue weighted by atomic mass is 10.0. The van der Waals surface area contributed by atoms with E-state index in [1.165, 1.54) is 18.6 Å². The van der Waals surface area contributed by atoms with Crippen molar-refractivity contribution in [2.75, 3.05) is 51.1 Å². The number of piperazine rings is 1. The van der Waals surface area contributed by atoms with Crippen molar-refractivity contribution in [1.29, 1.82) is 0 Å². The van der Waals surface area contributed by atoms with E-state index in [2.05, 4.69) is 17.1 Å². The minimum Gasteiger partial charge on any atom is -0.376 e. The number of hydrogen-bond donors (Lipinski definition) is 1. The van der Waals surface area contributed by atoms with E-state index >= 15 is 0 Å². The third-order valence-corrected chi connectivity index (χ3v) is 5.84.